The fourth-order valence-corrected chi connectivity index (χ4v) is 4.83. The molecule has 0 saturated carbocycles. The van der Waals surface area contributed by atoms with E-state index < -0.39 is 0 Å². The van der Waals surface area contributed by atoms with Gasteiger partial charge in [-0.3, -0.25) is 0 Å². The van der Waals surface area contributed by atoms with Crippen molar-refractivity contribution in [3.8, 4) is 11.5 Å². The fraction of sp³-hybridized carbons (Fsp3) is 0.600. The van der Waals surface area contributed by atoms with Crippen LogP contribution < -0.4 is 9.64 Å². The van der Waals surface area contributed by atoms with Crippen LogP contribution in [0.3, 0.4) is 0 Å². The summed E-state index contributed by atoms with van der Waals surface area (Å²) in [5.41, 5.74) is 5.37. The Bertz CT molecular complexity index is 890. The van der Waals surface area contributed by atoms with E-state index in [9.17, 15) is 0 Å². The van der Waals surface area contributed by atoms with Gasteiger partial charge in [0.15, 0.2) is 11.5 Å². The molecule has 1 heterocycles. The average Bonchev–Trinajstić information content (AvgIpc) is 2.74. The van der Waals surface area contributed by atoms with Gasteiger partial charge in [0.1, 0.15) is 0 Å². The lowest BCUT2D eigenvalue weighted by Crippen LogP contribution is -2.24. The van der Waals surface area contributed by atoms with E-state index in [2.05, 4.69) is 89.8 Å². The van der Waals surface area contributed by atoms with E-state index in [1.165, 1.54) is 73.9 Å². The molecule has 0 atom stereocenters. The predicted molar refractivity (Wildman–Crippen MR) is 140 cm³/mol. The first kappa shape index (κ1) is 24.7. The number of rotatable bonds is 10. The number of hydrogen-bond donors (Lipinski definition) is 0. The average molecular weight is 436 g/mol. The first-order valence-corrected chi connectivity index (χ1v) is 12.9. The Morgan fingerprint density at radius 2 is 1.25 bits per heavy atom. The molecule has 32 heavy (non-hydrogen) atoms. The highest BCUT2D eigenvalue weighted by atomic mass is 16.5. The Morgan fingerprint density at radius 1 is 0.688 bits per heavy atom. The van der Waals surface area contributed by atoms with Crippen molar-refractivity contribution in [1.29, 1.82) is 0 Å². The largest absolute Gasteiger partial charge is 0.453 e. The van der Waals surface area contributed by atoms with Crippen LogP contribution in [0.25, 0.3) is 0 Å². The number of benzene rings is 2. The minimum Gasteiger partial charge on any atom is -0.453 e. The van der Waals surface area contributed by atoms with Gasteiger partial charge in [-0.05, 0) is 59.1 Å². The minimum atomic E-state index is 0.105. The Balaban J connectivity index is 1.92. The lowest BCUT2D eigenvalue weighted by Gasteiger charge is -2.35. The van der Waals surface area contributed by atoms with Crippen molar-refractivity contribution in [2.45, 2.75) is 111 Å². The molecule has 0 amide bonds. The van der Waals surface area contributed by atoms with E-state index in [0.29, 0.717) is 0 Å². The highest BCUT2D eigenvalue weighted by molar-refractivity contribution is 5.78. The maximum atomic E-state index is 6.58. The maximum Gasteiger partial charge on any atom is 0.151 e. The zero-order valence-electron chi connectivity index (χ0n) is 21.7. The van der Waals surface area contributed by atoms with Crippen molar-refractivity contribution in [3.05, 3.63) is 47.5 Å². The molecule has 1 aliphatic rings. The van der Waals surface area contributed by atoms with Crippen LogP contribution in [-0.2, 0) is 10.8 Å². The third-order valence-electron chi connectivity index (χ3n) is 6.98. The number of nitrogens with zero attached hydrogens (tertiary/aromatic N) is 1. The molecule has 0 spiro atoms. The lowest BCUT2D eigenvalue weighted by atomic mass is 9.80. The summed E-state index contributed by atoms with van der Waals surface area (Å²) in [5, 5.41) is 0. The lowest BCUT2D eigenvalue weighted by molar-refractivity contribution is 0.451. The van der Waals surface area contributed by atoms with Crippen LogP contribution in [0.4, 0.5) is 11.4 Å². The molecule has 0 aromatic heterocycles. The van der Waals surface area contributed by atoms with Crippen LogP contribution in [0.1, 0.15) is 111 Å². The molecule has 176 valence electrons. The molecule has 2 heteroatoms. The first-order valence-electron chi connectivity index (χ1n) is 12.9. The monoisotopic (exact) mass is 435 g/mol. The molecule has 0 N–H and O–H groups in total. The van der Waals surface area contributed by atoms with E-state index in [1.807, 2.05) is 0 Å². The topological polar surface area (TPSA) is 12.5 Å². The molecule has 2 nitrogen and oxygen atoms in total. The van der Waals surface area contributed by atoms with Gasteiger partial charge in [-0.1, -0.05) is 99.1 Å². The normalized spacial score (nSPS) is 13.5. The molecular weight excluding hydrogens is 390 g/mol. The van der Waals surface area contributed by atoms with Crippen molar-refractivity contribution >= 4 is 11.4 Å². The zero-order valence-corrected chi connectivity index (χ0v) is 21.7. The SMILES string of the molecule is CCCCCCCCN1c2ccc(C(C)(C)C)cc2Oc2cc(C(C)(C)CCC)ccc21. The van der Waals surface area contributed by atoms with Crippen molar-refractivity contribution in [3.63, 3.8) is 0 Å². The molecule has 0 bridgehead atoms. The Kier molecular flexibility index (Phi) is 7.96. The van der Waals surface area contributed by atoms with Gasteiger partial charge < -0.3 is 9.64 Å². The highest BCUT2D eigenvalue weighted by Gasteiger charge is 2.28. The zero-order chi connectivity index (χ0) is 23.4. The highest BCUT2D eigenvalue weighted by Crippen LogP contribution is 2.49. The molecule has 2 aromatic carbocycles. The summed E-state index contributed by atoms with van der Waals surface area (Å²) >= 11 is 0. The summed E-state index contributed by atoms with van der Waals surface area (Å²) in [6.07, 6.45) is 10.2. The van der Waals surface area contributed by atoms with Crippen molar-refractivity contribution < 1.29 is 4.74 Å². The van der Waals surface area contributed by atoms with Crippen LogP contribution in [0.15, 0.2) is 36.4 Å². The Hall–Kier alpha value is -1.96. The fourth-order valence-electron chi connectivity index (χ4n) is 4.83. The third-order valence-corrected chi connectivity index (χ3v) is 6.98. The number of unbranched alkanes of at least 4 members (excludes halogenated alkanes) is 5. The molecule has 2 aromatic rings. The van der Waals surface area contributed by atoms with Gasteiger partial charge in [0.05, 0.1) is 11.4 Å². The number of fused-ring (bicyclic) bond motifs is 2. The van der Waals surface area contributed by atoms with Crippen LogP contribution in [-0.4, -0.2) is 6.54 Å². The van der Waals surface area contributed by atoms with Gasteiger partial charge in [-0.15, -0.1) is 0 Å². The number of anilines is 2. The second kappa shape index (κ2) is 10.3. The van der Waals surface area contributed by atoms with Crippen LogP contribution in [0.2, 0.25) is 0 Å². The molecule has 0 aliphatic carbocycles. The molecule has 3 rings (SSSR count). The molecule has 0 radical (unpaired) electrons. The van der Waals surface area contributed by atoms with Gasteiger partial charge >= 0.3 is 0 Å². The predicted octanol–water partition coefficient (Wildman–Crippen LogP) is 9.67. The van der Waals surface area contributed by atoms with Crippen molar-refractivity contribution in [1.82, 2.24) is 0 Å². The van der Waals surface area contributed by atoms with E-state index in [1.54, 1.807) is 0 Å². The van der Waals surface area contributed by atoms with Gasteiger partial charge in [0, 0.05) is 6.54 Å². The number of hydrogen-bond acceptors (Lipinski definition) is 2. The van der Waals surface area contributed by atoms with E-state index >= 15 is 0 Å². The van der Waals surface area contributed by atoms with Gasteiger partial charge in [0.2, 0.25) is 0 Å². The van der Waals surface area contributed by atoms with Crippen LogP contribution in [0.5, 0.6) is 11.5 Å². The smallest absolute Gasteiger partial charge is 0.151 e. The third kappa shape index (κ3) is 5.69. The first-order chi connectivity index (χ1) is 15.2. The van der Waals surface area contributed by atoms with Crippen LogP contribution >= 0.6 is 0 Å². The van der Waals surface area contributed by atoms with Crippen LogP contribution in [0, 0.1) is 0 Å². The Labute approximate surface area is 197 Å². The second-order valence-corrected chi connectivity index (χ2v) is 11.3. The van der Waals surface area contributed by atoms with Gasteiger partial charge in [0.25, 0.3) is 0 Å². The van der Waals surface area contributed by atoms with E-state index in [0.717, 1.165) is 18.0 Å². The van der Waals surface area contributed by atoms with E-state index in [-0.39, 0.29) is 10.8 Å². The van der Waals surface area contributed by atoms with Crippen molar-refractivity contribution in [2.75, 3.05) is 11.4 Å². The Morgan fingerprint density at radius 3 is 1.84 bits per heavy atom. The summed E-state index contributed by atoms with van der Waals surface area (Å²) in [7, 11) is 0. The molecular formula is C30H45NO. The van der Waals surface area contributed by atoms with Gasteiger partial charge in [-0.2, -0.15) is 0 Å². The summed E-state index contributed by atoms with van der Waals surface area (Å²) < 4.78 is 6.58. The minimum absolute atomic E-state index is 0.105. The summed E-state index contributed by atoms with van der Waals surface area (Å²) in [5.74, 6) is 2.01. The molecule has 0 unspecified atom stereocenters. The number of ether oxygens (including phenoxy) is 1. The maximum absolute atomic E-state index is 6.58. The summed E-state index contributed by atoms with van der Waals surface area (Å²) in [6, 6.07) is 13.7. The van der Waals surface area contributed by atoms with E-state index in [4.69, 9.17) is 4.74 Å². The van der Waals surface area contributed by atoms with Crippen molar-refractivity contribution in [2.24, 2.45) is 0 Å². The van der Waals surface area contributed by atoms with Gasteiger partial charge in [-0.25, -0.2) is 0 Å². The molecule has 0 saturated heterocycles. The standard InChI is InChI=1S/C30H45NO/c1-8-10-11-12-13-14-20-31-25-17-15-23(29(3,4)5)21-27(25)32-28-22-24(16-18-26(28)31)30(6,7)19-9-2/h15-18,21-22H,8-14,19-20H2,1-7H3. The molecule has 0 fully saturated rings. The summed E-state index contributed by atoms with van der Waals surface area (Å²) in [4.78, 5) is 2.50. The second-order valence-electron chi connectivity index (χ2n) is 11.3. The summed E-state index contributed by atoms with van der Waals surface area (Å²) in [6.45, 7) is 17.1. The quantitative estimate of drug-likeness (QED) is 0.344. The molecule has 1 aliphatic heterocycles.